The SMILES string of the molecule is NS(=O)(=O)CCCNC(=O)Cc1c(F)cccc1F. The lowest BCUT2D eigenvalue weighted by atomic mass is 10.1. The molecule has 0 fully saturated rings. The molecule has 0 heterocycles. The largest absolute Gasteiger partial charge is 0.356 e. The monoisotopic (exact) mass is 292 g/mol. The van der Waals surface area contributed by atoms with Crippen molar-refractivity contribution in [2.24, 2.45) is 5.14 Å². The normalized spacial score (nSPS) is 11.3. The molecule has 0 aliphatic rings. The first kappa shape index (κ1) is 15.5. The highest BCUT2D eigenvalue weighted by Crippen LogP contribution is 2.12. The van der Waals surface area contributed by atoms with Crippen molar-refractivity contribution in [2.75, 3.05) is 12.3 Å². The van der Waals surface area contributed by atoms with E-state index in [2.05, 4.69) is 5.32 Å². The summed E-state index contributed by atoms with van der Waals surface area (Å²) in [5, 5.41) is 7.14. The maximum absolute atomic E-state index is 13.2. The Balaban J connectivity index is 2.44. The maximum atomic E-state index is 13.2. The minimum absolute atomic E-state index is 0.0747. The van der Waals surface area contributed by atoms with Crippen molar-refractivity contribution in [3.05, 3.63) is 35.4 Å². The molecule has 1 amide bonds. The number of rotatable bonds is 6. The Bertz CT molecular complexity index is 541. The summed E-state index contributed by atoms with van der Waals surface area (Å²) in [4.78, 5) is 11.4. The van der Waals surface area contributed by atoms with Crippen LogP contribution in [0.5, 0.6) is 0 Å². The van der Waals surface area contributed by atoms with Gasteiger partial charge in [0.15, 0.2) is 0 Å². The lowest BCUT2D eigenvalue weighted by Crippen LogP contribution is -2.29. The van der Waals surface area contributed by atoms with E-state index in [0.717, 1.165) is 12.1 Å². The predicted molar refractivity (Wildman–Crippen MR) is 65.7 cm³/mol. The molecule has 0 bridgehead atoms. The fourth-order valence-corrected chi connectivity index (χ4v) is 1.97. The predicted octanol–water partition coefficient (Wildman–Crippen LogP) is 0.302. The molecule has 1 rings (SSSR count). The molecule has 19 heavy (non-hydrogen) atoms. The molecule has 0 atom stereocenters. The Labute approximate surface area is 109 Å². The molecular formula is C11H14F2N2O3S. The smallest absolute Gasteiger partial charge is 0.224 e. The lowest BCUT2D eigenvalue weighted by molar-refractivity contribution is -0.120. The zero-order chi connectivity index (χ0) is 14.5. The molecule has 106 valence electrons. The summed E-state index contributed by atoms with van der Waals surface area (Å²) in [5.41, 5.74) is -0.313. The van der Waals surface area contributed by atoms with Crippen LogP contribution >= 0.6 is 0 Å². The van der Waals surface area contributed by atoms with Crippen molar-refractivity contribution < 1.29 is 22.0 Å². The van der Waals surface area contributed by atoms with E-state index in [9.17, 15) is 22.0 Å². The van der Waals surface area contributed by atoms with Gasteiger partial charge in [-0.05, 0) is 18.6 Å². The first-order valence-corrected chi connectivity index (χ1v) is 7.21. The van der Waals surface area contributed by atoms with E-state index in [-0.39, 0.29) is 24.3 Å². The standard InChI is InChI=1S/C11H14F2N2O3S/c12-9-3-1-4-10(13)8(9)7-11(16)15-5-2-6-19(14,17)18/h1,3-4H,2,5-7H2,(H,15,16)(H2,14,17,18). The Kier molecular flexibility index (Phi) is 5.37. The average molecular weight is 292 g/mol. The summed E-state index contributed by atoms with van der Waals surface area (Å²) in [6.45, 7) is 0.0747. The highest BCUT2D eigenvalue weighted by atomic mass is 32.2. The second-order valence-electron chi connectivity index (χ2n) is 3.95. The summed E-state index contributed by atoms with van der Waals surface area (Å²) in [7, 11) is -3.57. The van der Waals surface area contributed by atoms with Gasteiger partial charge >= 0.3 is 0 Å². The number of amides is 1. The first-order chi connectivity index (χ1) is 8.79. The number of carbonyl (C=O) groups is 1. The third kappa shape index (κ3) is 5.75. The molecule has 0 spiro atoms. The van der Waals surface area contributed by atoms with Crippen LogP contribution < -0.4 is 10.5 Å². The minimum atomic E-state index is -3.57. The summed E-state index contributed by atoms with van der Waals surface area (Å²) in [5.74, 6) is -2.43. The van der Waals surface area contributed by atoms with Crippen molar-refractivity contribution in [1.82, 2.24) is 5.32 Å². The van der Waals surface area contributed by atoms with E-state index >= 15 is 0 Å². The number of nitrogens with two attached hydrogens (primary N) is 1. The summed E-state index contributed by atoms with van der Waals surface area (Å²) in [6, 6.07) is 3.33. The van der Waals surface area contributed by atoms with Gasteiger partial charge in [-0.1, -0.05) is 6.07 Å². The molecule has 3 N–H and O–H groups in total. The number of benzene rings is 1. The van der Waals surface area contributed by atoms with Crippen LogP contribution in [0, 0.1) is 11.6 Å². The van der Waals surface area contributed by atoms with Gasteiger partial charge in [0, 0.05) is 12.1 Å². The zero-order valence-corrected chi connectivity index (χ0v) is 10.8. The van der Waals surface area contributed by atoms with Gasteiger partial charge in [-0.3, -0.25) is 4.79 Å². The third-order valence-corrected chi connectivity index (χ3v) is 3.18. The van der Waals surface area contributed by atoms with Gasteiger partial charge in [-0.2, -0.15) is 0 Å². The van der Waals surface area contributed by atoms with Gasteiger partial charge in [0.2, 0.25) is 15.9 Å². The number of nitrogens with one attached hydrogen (secondary N) is 1. The van der Waals surface area contributed by atoms with Crippen LogP contribution in [0.3, 0.4) is 0 Å². The van der Waals surface area contributed by atoms with Crippen molar-refractivity contribution in [3.8, 4) is 0 Å². The summed E-state index contributed by atoms with van der Waals surface area (Å²) >= 11 is 0. The van der Waals surface area contributed by atoms with Gasteiger partial charge in [0.25, 0.3) is 0 Å². The Morgan fingerprint density at radius 1 is 1.26 bits per heavy atom. The average Bonchev–Trinajstić information content (AvgIpc) is 2.28. The lowest BCUT2D eigenvalue weighted by Gasteiger charge is -2.06. The maximum Gasteiger partial charge on any atom is 0.224 e. The summed E-state index contributed by atoms with van der Waals surface area (Å²) in [6.07, 6.45) is -0.293. The Hall–Kier alpha value is -1.54. The van der Waals surface area contributed by atoms with E-state index in [1.807, 2.05) is 0 Å². The molecule has 8 heteroatoms. The van der Waals surface area contributed by atoms with Gasteiger partial charge < -0.3 is 5.32 Å². The van der Waals surface area contributed by atoms with E-state index in [1.165, 1.54) is 6.07 Å². The summed E-state index contributed by atoms with van der Waals surface area (Å²) < 4.78 is 47.7. The Morgan fingerprint density at radius 3 is 2.37 bits per heavy atom. The van der Waals surface area contributed by atoms with Crippen molar-refractivity contribution in [1.29, 1.82) is 0 Å². The minimum Gasteiger partial charge on any atom is -0.356 e. The molecular weight excluding hydrogens is 278 g/mol. The van der Waals surface area contributed by atoms with Crippen LogP contribution in [0.1, 0.15) is 12.0 Å². The molecule has 1 aromatic rings. The van der Waals surface area contributed by atoms with Crippen LogP contribution in [0.4, 0.5) is 8.78 Å². The first-order valence-electron chi connectivity index (χ1n) is 5.49. The molecule has 1 aromatic carbocycles. The van der Waals surface area contributed by atoms with Crippen molar-refractivity contribution >= 4 is 15.9 Å². The number of hydrogen-bond donors (Lipinski definition) is 2. The number of hydrogen-bond acceptors (Lipinski definition) is 3. The highest BCUT2D eigenvalue weighted by Gasteiger charge is 2.12. The second kappa shape index (κ2) is 6.58. The number of halogens is 2. The van der Waals surface area contributed by atoms with Crippen LogP contribution in [0.2, 0.25) is 0 Å². The zero-order valence-electron chi connectivity index (χ0n) is 10.0. The molecule has 0 aliphatic carbocycles. The quantitative estimate of drug-likeness (QED) is 0.739. The number of primary sulfonamides is 1. The molecule has 0 aromatic heterocycles. The van der Waals surface area contributed by atoms with Crippen LogP contribution in [0.15, 0.2) is 18.2 Å². The van der Waals surface area contributed by atoms with Crippen LogP contribution in [-0.2, 0) is 21.2 Å². The van der Waals surface area contributed by atoms with Gasteiger partial charge in [-0.15, -0.1) is 0 Å². The second-order valence-corrected chi connectivity index (χ2v) is 5.68. The van der Waals surface area contributed by atoms with Crippen LogP contribution in [0.25, 0.3) is 0 Å². The van der Waals surface area contributed by atoms with E-state index in [4.69, 9.17) is 5.14 Å². The van der Waals surface area contributed by atoms with E-state index in [1.54, 1.807) is 0 Å². The molecule has 0 saturated carbocycles. The number of carbonyl (C=O) groups excluding carboxylic acids is 1. The fraction of sp³-hybridized carbons (Fsp3) is 0.364. The molecule has 0 aliphatic heterocycles. The molecule has 5 nitrogen and oxygen atoms in total. The van der Waals surface area contributed by atoms with E-state index < -0.39 is 34.0 Å². The van der Waals surface area contributed by atoms with Gasteiger partial charge in [0.05, 0.1) is 12.2 Å². The van der Waals surface area contributed by atoms with Gasteiger partial charge in [0.1, 0.15) is 11.6 Å². The van der Waals surface area contributed by atoms with Crippen molar-refractivity contribution in [2.45, 2.75) is 12.8 Å². The highest BCUT2D eigenvalue weighted by molar-refractivity contribution is 7.89. The van der Waals surface area contributed by atoms with Crippen molar-refractivity contribution in [3.63, 3.8) is 0 Å². The van der Waals surface area contributed by atoms with Gasteiger partial charge in [-0.25, -0.2) is 22.3 Å². The third-order valence-electron chi connectivity index (χ3n) is 2.33. The molecule has 0 radical (unpaired) electrons. The molecule has 0 unspecified atom stereocenters. The fourth-order valence-electron chi connectivity index (χ4n) is 1.43. The topological polar surface area (TPSA) is 89.3 Å². The molecule has 0 saturated heterocycles. The Morgan fingerprint density at radius 2 is 1.84 bits per heavy atom. The van der Waals surface area contributed by atoms with E-state index in [0.29, 0.717) is 0 Å². The van der Waals surface area contributed by atoms with Crippen LogP contribution in [-0.4, -0.2) is 26.6 Å². The number of sulfonamides is 1.